The average Bonchev–Trinajstić information content (AvgIpc) is 2.29. The minimum absolute atomic E-state index is 0.0238. The standard InChI is InChI=1S/C13H19N3O2/c1-10(2)8-9-18-13(17)16-12(14)15-11-6-4-3-5-7-11/h3-7,10H,8-9H2,1-2H3,(H3,14,15,16,17). The Morgan fingerprint density at radius 1 is 1.39 bits per heavy atom. The second-order valence-electron chi connectivity index (χ2n) is 4.28. The molecular formula is C13H19N3O2. The van der Waals surface area contributed by atoms with Gasteiger partial charge in [-0.2, -0.15) is 0 Å². The topological polar surface area (TPSA) is 76.7 Å². The van der Waals surface area contributed by atoms with Crippen LogP contribution in [0.25, 0.3) is 0 Å². The Labute approximate surface area is 107 Å². The summed E-state index contributed by atoms with van der Waals surface area (Å²) < 4.78 is 4.95. The third-order valence-corrected chi connectivity index (χ3v) is 2.16. The van der Waals surface area contributed by atoms with E-state index >= 15 is 0 Å². The van der Waals surface area contributed by atoms with Gasteiger partial charge in [0.1, 0.15) is 0 Å². The van der Waals surface area contributed by atoms with Crippen LogP contribution in [0.15, 0.2) is 35.3 Å². The lowest BCUT2D eigenvalue weighted by Gasteiger charge is -2.07. The second-order valence-corrected chi connectivity index (χ2v) is 4.28. The number of aliphatic imine (C=N–C) groups is 1. The summed E-state index contributed by atoms with van der Waals surface area (Å²) in [4.78, 5) is 15.4. The Morgan fingerprint density at radius 3 is 2.67 bits per heavy atom. The van der Waals surface area contributed by atoms with Gasteiger partial charge in [-0.1, -0.05) is 32.0 Å². The summed E-state index contributed by atoms with van der Waals surface area (Å²) in [6.07, 6.45) is 0.246. The maximum atomic E-state index is 11.3. The van der Waals surface area contributed by atoms with Crippen LogP contribution < -0.4 is 11.1 Å². The van der Waals surface area contributed by atoms with Crippen molar-refractivity contribution in [2.45, 2.75) is 20.3 Å². The van der Waals surface area contributed by atoms with E-state index in [9.17, 15) is 4.79 Å². The van der Waals surface area contributed by atoms with Gasteiger partial charge in [0, 0.05) is 0 Å². The molecule has 0 radical (unpaired) electrons. The van der Waals surface area contributed by atoms with Gasteiger partial charge >= 0.3 is 6.09 Å². The van der Waals surface area contributed by atoms with Crippen LogP contribution in [-0.4, -0.2) is 18.7 Å². The summed E-state index contributed by atoms with van der Waals surface area (Å²) in [5.41, 5.74) is 6.25. The first-order chi connectivity index (χ1) is 8.58. The Hall–Kier alpha value is -2.04. The summed E-state index contributed by atoms with van der Waals surface area (Å²) in [5, 5.41) is 2.37. The fourth-order valence-corrected chi connectivity index (χ4v) is 1.20. The molecule has 0 aromatic heterocycles. The van der Waals surface area contributed by atoms with Crippen LogP contribution in [0.1, 0.15) is 20.3 Å². The van der Waals surface area contributed by atoms with Crippen molar-refractivity contribution in [1.29, 1.82) is 0 Å². The minimum atomic E-state index is -0.576. The van der Waals surface area contributed by atoms with Crippen molar-refractivity contribution in [1.82, 2.24) is 5.32 Å². The SMILES string of the molecule is CC(C)CCOC(=O)NC(N)=Nc1ccccc1. The molecule has 0 spiro atoms. The number of rotatable bonds is 4. The highest BCUT2D eigenvalue weighted by Gasteiger charge is 2.04. The lowest BCUT2D eigenvalue weighted by Crippen LogP contribution is -2.37. The van der Waals surface area contributed by atoms with E-state index in [0.29, 0.717) is 18.2 Å². The lowest BCUT2D eigenvalue weighted by atomic mass is 10.1. The Balaban J connectivity index is 2.38. The molecule has 0 fully saturated rings. The normalized spacial score (nSPS) is 11.4. The molecular weight excluding hydrogens is 230 g/mol. The Bertz CT molecular complexity index is 402. The number of benzene rings is 1. The van der Waals surface area contributed by atoms with Gasteiger partial charge in [0.05, 0.1) is 12.3 Å². The molecule has 1 aromatic rings. The van der Waals surface area contributed by atoms with Gasteiger partial charge in [-0.15, -0.1) is 0 Å². The molecule has 98 valence electrons. The first kappa shape index (κ1) is 14.0. The molecule has 0 saturated heterocycles. The molecule has 18 heavy (non-hydrogen) atoms. The van der Waals surface area contributed by atoms with Crippen molar-refractivity contribution >= 4 is 17.7 Å². The van der Waals surface area contributed by atoms with E-state index in [0.717, 1.165) is 6.42 Å². The third kappa shape index (κ3) is 5.89. The van der Waals surface area contributed by atoms with Crippen LogP contribution in [0, 0.1) is 5.92 Å². The number of carbonyl (C=O) groups excluding carboxylic acids is 1. The molecule has 5 nitrogen and oxygen atoms in total. The quantitative estimate of drug-likeness (QED) is 0.635. The average molecular weight is 249 g/mol. The predicted octanol–water partition coefficient (Wildman–Crippen LogP) is 2.41. The maximum Gasteiger partial charge on any atom is 0.413 e. The largest absolute Gasteiger partial charge is 0.449 e. The first-order valence-electron chi connectivity index (χ1n) is 5.91. The number of hydrogen-bond donors (Lipinski definition) is 2. The fourth-order valence-electron chi connectivity index (χ4n) is 1.20. The van der Waals surface area contributed by atoms with Crippen molar-refractivity contribution in [3.63, 3.8) is 0 Å². The summed E-state index contributed by atoms with van der Waals surface area (Å²) in [5.74, 6) is 0.517. The van der Waals surface area contributed by atoms with Crippen molar-refractivity contribution in [2.24, 2.45) is 16.6 Å². The van der Waals surface area contributed by atoms with Gasteiger partial charge in [0.25, 0.3) is 0 Å². The third-order valence-electron chi connectivity index (χ3n) is 2.16. The van der Waals surface area contributed by atoms with Crippen LogP contribution in [0.3, 0.4) is 0 Å². The first-order valence-corrected chi connectivity index (χ1v) is 5.91. The van der Waals surface area contributed by atoms with Gasteiger partial charge in [-0.05, 0) is 24.5 Å². The van der Waals surface area contributed by atoms with Crippen LogP contribution >= 0.6 is 0 Å². The number of nitrogens with one attached hydrogen (secondary N) is 1. The maximum absolute atomic E-state index is 11.3. The highest BCUT2D eigenvalue weighted by Crippen LogP contribution is 2.08. The van der Waals surface area contributed by atoms with E-state index in [-0.39, 0.29) is 5.96 Å². The van der Waals surface area contributed by atoms with Crippen molar-refractivity contribution in [2.75, 3.05) is 6.61 Å². The number of hydrogen-bond acceptors (Lipinski definition) is 3. The molecule has 0 aliphatic heterocycles. The van der Waals surface area contributed by atoms with Gasteiger partial charge in [0.15, 0.2) is 0 Å². The summed E-state index contributed by atoms with van der Waals surface area (Å²) in [6, 6.07) is 9.14. The Kier molecular flexibility index (Phi) is 5.70. The molecule has 0 bridgehead atoms. The van der Waals surface area contributed by atoms with Crippen LogP contribution in [-0.2, 0) is 4.74 Å². The smallest absolute Gasteiger partial charge is 0.413 e. The molecule has 0 unspecified atom stereocenters. The lowest BCUT2D eigenvalue weighted by molar-refractivity contribution is 0.146. The van der Waals surface area contributed by atoms with E-state index in [1.165, 1.54) is 0 Å². The van der Waals surface area contributed by atoms with Gasteiger partial charge in [-0.25, -0.2) is 9.79 Å². The van der Waals surface area contributed by atoms with Crippen LogP contribution in [0.5, 0.6) is 0 Å². The molecule has 1 amide bonds. The van der Waals surface area contributed by atoms with Crippen molar-refractivity contribution < 1.29 is 9.53 Å². The summed E-state index contributed by atoms with van der Waals surface area (Å²) in [6.45, 7) is 4.50. The second kappa shape index (κ2) is 7.32. The van der Waals surface area contributed by atoms with Crippen LogP contribution in [0.2, 0.25) is 0 Å². The highest BCUT2D eigenvalue weighted by molar-refractivity contribution is 5.94. The van der Waals surface area contributed by atoms with E-state index < -0.39 is 6.09 Å². The van der Waals surface area contributed by atoms with E-state index in [1.54, 1.807) is 12.1 Å². The number of nitrogens with two attached hydrogens (primary N) is 1. The van der Waals surface area contributed by atoms with E-state index in [2.05, 4.69) is 24.2 Å². The molecule has 0 heterocycles. The zero-order chi connectivity index (χ0) is 13.4. The molecule has 0 saturated carbocycles. The van der Waals surface area contributed by atoms with Gasteiger partial charge in [0.2, 0.25) is 5.96 Å². The number of para-hydroxylation sites is 1. The predicted molar refractivity (Wildman–Crippen MR) is 71.7 cm³/mol. The molecule has 5 heteroatoms. The van der Waals surface area contributed by atoms with Gasteiger partial charge in [-0.3, -0.25) is 5.32 Å². The van der Waals surface area contributed by atoms with Crippen LogP contribution in [0.4, 0.5) is 10.5 Å². The zero-order valence-electron chi connectivity index (χ0n) is 10.7. The molecule has 3 N–H and O–H groups in total. The molecule has 0 atom stereocenters. The number of nitrogens with zero attached hydrogens (tertiary/aromatic N) is 1. The highest BCUT2D eigenvalue weighted by atomic mass is 16.5. The van der Waals surface area contributed by atoms with Crippen molar-refractivity contribution in [3.8, 4) is 0 Å². The number of ether oxygens (including phenoxy) is 1. The molecule has 0 aliphatic rings. The minimum Gasteiger partial charge on any atom is -0.449 e. The monoisotopic (exact) mass is 249 g/mol. The molecule has 1 rings (SSSR count). The number of alkyl carbamates (subject to hydrolysis) is 1. The van der Waals surface area contributed by atoms with E-state index in [1.807, 2.05) is 18.2 Å². The summed E-state index contributed by atoms with van der Waals surface area (Å²) in [7, 11) is 0. The molecule has 1 aromatic carbocycles. The number of guanidine groups is 1. The fraction of sp³-hybridized carbons (Fsp3) is 0.385. The van der Waals surface area contributed by atoms with E-state index in [4.69, 9.17) is 10.5 Å². The molecule has 0 aliphatic carbocycles. The number of carbonyl (C=O) groups is 1. The Morgan fingerprint density at radius 2 is 2.06 bits per heavy atom. The zero-order valence-corrected chi connectivity index (χ0v) is 10.7. The van der Waals surface area contributed by atoms with Crippen molar-refractivity contribution in [3.05, 3.63) is 30.3 Å². The summed E-state index contributed by atoms with van der Waals surface area (Å²) >= 11 is 0. The van der Waals surface area contributed by atoms with Gasteiger partial charge < -0.3 is 10.5 Å². The number of amides is 1.